The summed E-state index contributed by atoms with van der Waals surface area (Å²) in [5.41, 5.74) is 0. The van der Waals surface area contributed by atoms with Crippen molar-refractivity contribution in [3.05, 3.63) is 5.82 Å². The first-order valence-corrected chi connectivity index (χ1v) is 5.49. The predicted octanol–water partition coefficient (Wildman–Crippen LogP) is -0.205. The van der Waals surface area contributed by atoms with Crippen molar-refractivity contribution in [3.63, 3.8) is 0 Å². The Labute approximate surface area is 96.0 Å². The molecule has 0 saturated heterocycles. The van der Waals surface area contributed by atoms with Gasteiger partial charge in [-0.05, 0) is 6.92 Å². The van der Waals surface area contributed by atoms with E-state index in [1.54, 1.807) is 6.92 Å². The molecule has 7 nitrogen and oxygen atoms in total. The summed E-state index contributed by atoms with van der Waals surface area (Å²) in [5, 5.41) is 18.1. The Bertz CT molecular complexity index is 392. The fourth-order valence-electron chi connectivity index (χ4n) is 0.965. The van der Waals surface area contributed by atoms with Crippen LogP contribution in [0.4, 0.5) is 0 Å². The number of carboxylic acids is 1. The van der Waals surface area contributed by atoms with E-state index in [4.69, 9.17) is 5.11 Å². The first-order valence-electron chi connectivity index (χ1n) is 4.50. The fraction of sp³-hybridized carbons (Fsp3) is 0.500. The number of carboxylic acid groups (broad SMARTS) is 1. The van der Waals surface area contributed by atoms with Crippen LogP contribution in [0.5, 0.6) is 0 Å². The third-order valence-electron chi connectivity index (χ3n) is 1.63. The van der Waals surface area contributed by atoms with Gasteiger partial charge in [-0.1, -0.05) is 11.8 Å². The van der Waals surface area contributed by atoms with Crippen LogP contribution in [-0.4, -0.2) is 44.0 Å². The van der Waals surface area contributed by atoms with Gasteiger partial charge in [-0.2, -0.15) is 0 Å². The van der Waals surface area contributed by atoms with Gasteiger partial charge in [0.05, 0.1) is 0 Å². The molecule has 0 bridgehead atoms. The second kappa shape index (κ2) is 5.50. The molecule has 0 aliphatic heterocycles. The average molecular weight is 244 g/mol. The minimum Gasteiger partial charge on any atom is -0.480 e. The Balaban J connectivity index is 2.50. The molecular formula is C8H12N4O3S. The maximum Gasteiger partial charge on any atom is 0.327 e. The Morgan fingerprint density at radius 3 is 2.75 bits per heavy atom. The average Bonchev–Trinajstić information content (AvgIpc) is 2.58. The van der Waals surface area contributed by atoms with E-state index in [-0.39, 0.29) is 11.7 Å². The highest BCUT2D eigenvalue weighted by Crippen LogP contribution is 2.13. The lowest BCUT2D eigenvalue weighted by Gasteiger charge is -2.10. The van der Waals surface area contributed by atoms with Gasteiger partial charge in [-0.3, -0.25) is 9.89 Å². The van der Waals surface area contributed by atoms with Gasteiger partial charge in [0, 0.05) is 12.7 Å². The number of rotatable bonds is 5. The van der Waals surface area contributed by atoms with Crippen molar-refractivity contribution in [3.8, 4) is 0 Å². The number of carbonyl (C=O) groups excluding carboxylic acids is 1. The van der Waals surface area contributed by atoms with Crippen LogP contribution in [0.1, 0.15) is 12.7 Å². The molecule has 0 aliphatic carbocycles. The quantitative estimate of drug-likeness (QED) is 0.619. The van der Waals surface area contributed by atoms with Crippen molar-refractivity contribution in [2.24, 2.45) is 0 Å². The molecular weight excluding hydrogens is 232 g/mol. The van der Waals surface area contributed by atoms with Gasteiger partial charge in [-0.25, -0.2) is 9.78 Å². The molecule has 3 N–H and O–H groups in total. The minimum atomic E-state index is -1.07. The highest BCUT2D eigenvalue weighted by molar-refractivity contribution is 7.99. The van der Waals surface area contributed by atoms with Crippen molar-refractivity contribution in [2.45, 2.75) is 25.0 Å². The minimum absolute atomic E-state index is 0.187. The number of aliphatic carboxylic acids is 1. The molecule has 0 radical (unpaired) electrons. The number of hydrogen-bond donors (Lipinski definition) is 3. The van der Waals surface area contributed by atoms with Crippen LogP contribution < -0.4 is 5.32 Å². The second-order valence-electron chi connectivity index (χ2n) is 3.11. The molecule has 8 heteroatoms. The van der Waals surface area contributed by atoms with Crippen LogP contribution in [-0.2, 0) is 9.59 Å². The molecule has 0 fully saturated rings. The molecule has 1 aromatic rings. The number of nitrogens with one attached hydrogen (secondary N) is 2. The van der Waals surface area contributed by atoms with Gasteiger partial charge in [0.1, 0.15) is 11.9 Å². The van der Waals surface area contributed by atoms with E-state index >= 15 is 0 Å². The van der Waals surface area contributed by atoms with Crippen LogP contribution >= 0.6 is 11.8 Å². The van der Waals surface area contributed by atoms with E-state index in [9.17, 15) is 9.59 Å². The highest BCUT2D eigenvalue weighted by atomic mass is 32.2. The molecule has 0 aliphatic rings. The molecule has 16 heavy (non-hydrogen) atoms. The zero-order valence-electron chi connectivity index (χ0n) is 8.85. The monoisotopic (exact) mass is 244 g/mol. The summed E-state index contributed by atoms with van der Waals surface area (Å²) < 4.78 is 0. The number of amides is 1. The van der Waals surface area contributed by atoms with E-state index in [2.05, 4.69) is 20.5 Å². The Morgan fingerprint density at radius 2 is 2.31 bits per heavy atom. The summed E-state index contributed by atoms with van der Waals surface area (Å²) in [6.07, 6.45) is 0. The molecule has 1 rings (SSSR count). The molecule has 1 atom stereocenters. The number of aryl methyl sites for hydroxylation is 1. The number of nitrogens with zero attached hydrogens (tertiary/aromatic N) is 2. The number of aromatic amines is 1. The molecule has 0 aromatic carbocycles. The van der Waals surface area contributed by atoms with Gasteiger partial charge >= 0.3 is 5.97 Å². The molecule has 1 heterocycles. The maximum absolute atomic E-state index is 10.8. The first-order chi connectivity index (χ1) is 7.49. The van der Waals surface area contributed by atoms with E-state index in [0.29, 0.717) is 11.0 Å². The maximum atomic E-state index is 10.8. The SMILES string of the molecule is CC(=O)NC(CSc1n[nH]c(C)n1)C(=O)O. The zero-order valence-corrected chi connectivity index (χ0v) is 9.67. The molecule has 1 aromatic heterocycles. The third kappa shape index (κ3) is 3.89. The van der Waals surface area contributed by atoms with Crippen molar-refractivity contribution >= 4 is 23.6 Å². The normalized spacial score (nSPS) is 12.1. The number of thioether (sulfide) groups is 1. The zero-order chi connectivity index (χ0) is 12.1. The van der Waals surface area contributed by atoms with Crippen molar-refractivity contribution in [2.75, 3.05) is 5.75 Å². The van der Waals surface area contributed by atoms with Gasteiger partial charge in [-0.15, -0.1) is 5.10 Å². The molecule has 88 valence electrons. The van der Waals surface area contributed by atoms with E-state index in [0.717, 1.165) is 0 Å². The Morgan fingerprint density at radius 1 is 1.62 bits per heavy atom. The van der Waals surface area contributed by atoms with Crippen LogP contribution in [0, 0.1) is 6.92 Å². The van der Waals surface area contributed by atoms with Crippen LogP contribution in [0.25, 0.3) is 0 Å². The number of H-pyrrole nitrogens is 1. The summed E-state index contributed by atoms with van der Waals surface area (Å²) in [4.78, 5) is 25.5. The molecule has 1 unspecified atom stereocenters. The van der Waals surface area contributed by atoms with Crippen molar-refractivity contribution < 1.29 is 14.7 Å². The van der Waals surface area contributed by atoms with Crippen molar-refractivity contribution in [1.82, 2.24) is 20.5 Å². The largest absolute Gasteiger partial charge is 0.480 e. The van der Waals surface area contributed by atoms with Crippen molar-refractivity contribution in [1.29, 1.82) is 0 Å². The highest BCUT2D eigenvalue weighted by Gasteiger charge is 2.19. The summed E-state index contributed by atoms with van der Waals surface area (Å²) in [6, 6.07) is -0.929. The fourth-order valence-corrected chi connectivity index (χ4v) is 1.82. The van der Waals surface area contributed by atoms with E-state index < -0.39 is 12.0 Å². The Kier molecular flexibility index (Phi) is 4.29. The van der Waals surface area contributed by atoms with Crippen LogP contribution in [0.15, 0.2) is 5.16 Å². The van der Waals surface area contributed by atoms with Crippen LogP contribution in [0.3, 0.4) is 0 Å². The smallest absolute Gasteiger partial charge is 0.327 e. The topological polar surface area (TPSA) is 108 Å². The predicted molar refractivity (Wildman–Crippen MR) is 57.1 cm³/mol. The lowest BCUT2D eigenvalue weighted by molar-refractivity contribution is -0.140. The molecule has 1 amide bonds. The van der Waals surface area contributed by atoms with Crippen LogP contribution in [0.2, 0.25) is 0 Å². The van der Waals surface area contributed by atoms with E-state index in [1.807, 2.05) is 0 Å². The summed E-state index contributed by atoms with van der Waals surface area (Å²) in [7, 11) is 0. The number of hydrogen-bond acceptors (Lipinski definition) is 5. The number of aromatic nitrogens is 3. The van der Waals surface area contributed by atoms with Gasteiger partial charge in [0.2, 0.25) is 11.1 Å². The summed E-state index contributed by atoms with van der Waals surface area (Å²) in [5.74, 6) is -0.602. The lowest BCUT2D eigenvalue weighted by atomic mass is 10.3. The van der Waals surface area contributed by atoms with Gasteiger partial charge in [0.15, 0.2) is 0 Å². The summed E-state index contributed by atoms with van der Waals surface area (Å²) in [6.45, 7) is 3.02. The van der Waals surface area contributed by atoms with E-state index in [1.165, 1.54) is 18.7 Å². The number of carbonyl (C=O) groups is 2. The Hall–Kier alpha value is -1.57. The second-order valence-corrected chi connectivity index (χ2v) is 4.09. The lowest BCUT2D eigenvalue weighted by Crippen LogP contribution is -2.41. The summed E-state index contributed by atoms with van der Waals surface area (Å²) >= 11 is 1.17. The standard InChI is InChI=1S/C8H12N4O3S/c1-4-9-8(12-11-4)16-3-6(7(14)15)10-5(2)13/h6H,3H2,1-2H3,(H,10,13)(H,14,15)(H,9,11,12). The third-order valence-corrected chi connectivity index (χ3v) is 2.57. The molecule has 0 spiro atoms. The first kappa shape index (κ1) is 12.5. The molecule has 0 saturated carbocycles. The van der Waals surface area contributed by atoms with Gasteiger partial charge < -0.3 is 10.4 Å². The van der Waals surface area contributed by atoms with Gasteiger partial charge in [0.25, 0.3) is 0 Å².